The molecular weight excluding hydrogens is 188 g/mol. The van der Waals surface area contributed by atoms with E-state index in [1.807, 2.05) is 24.3 Å². The summed E-state index contributed by atoms with van der Waals surface area (Å²) in [5.41, 5.74) is 1.19. The van der Waals surface area contributed by atoms with E-state index in [0.29, 0.717) is 0 Å². The summed E-state index contributed by atoms with van der Waals surface area (Å²) in [6.45, 7) is 3.70. The summed E-state index contributed by atoms with van der Waals surface area (Å²) >= 11 is 0. The van der Waals surface area contributed by atoms with Crippen molar-refractivity contribution in [3.05, 3.63) is 48.6 Å². The van der Waals surface area contributed by atoms with Crippen LogP contribution in [-0.4, -0.2) is 6.10 Å². The lowest BCUT2D eigenvalue weighted by Crippen LogP contribution is -2.22. The molecule has 1 aliphatic heterocycles. The summed E-state index contributed by atoms with van der Waals surface area (Å²) in [7, 11) is 0. The lowest BCUT2D eigenvalue weighted by Gasteiger charge is -2.27. The SMILES string of the molecule is C=CCC1CCC(c2ccccc2)OO1. The van der Waals surface area contributed by atoms with Crippen molar-refractivity contribution in [2.24, 2.45) is 0 Å². The molecule has 1 saturated heterocycles. The van der Waals surface area contributed by atoms with Crippen molar-refractivity contribution < 1.29 is 9.78 Å². The molecule has 2 atom stereocenters. The smallest absolute Gasteiger partial charge is 0.118 e. The lowest BCUT2D eigenvalue weighted by atomic mass is 10.0. The van der Waals surface area contributed by atoms with Crippen LogP contribution < -0.4 is 0 Å². The highest BCUT2D eigenvalue weighted by Crippen LogP contribution is 2.30. The molecule has 1 aromatic carbocycles. The van der Waals surface area contributed by atoms with Crippen molar-refractivity contribution in [1.29, 1.82) is 0 Å². The van der Waals surface area contributed by atoms with Gasteiger partial charge in [0.25, 0.3) is 0 Å². The van der Waals surface area contributed by atoms with E-state index in [4.69, 9.17) is 9.78 Å². The number of rotatable bonds is 3. The molecule has 2 heteroatoms. The van der Waals surface area contributed by atoms with Crippen LogP contribution in [0, 0.1) is 0 Å². The van der Waals surface area contributed by atoms with Gasteiger partial charge in [0.2, 0.25) is 0 Å². The van der Waals surface area contributed by atoms with Gasteiger partial charge in [0, 0.05) is 0 Å². The fraction of sp³-hybridized carbons (Fsp3) is 0.385. The first-order chi connectivity index (χ1) is 7.40. The highest BCUT2D eigenvalue weighted by atomic mass is 17.2. The second-order valence-corrected chi connectivity index (χ2v) is 3.82. The predicted molar refractivity (Wildman–Crippen MR) is 59.2 cm³/mol. The molecule has 1 aromatic rings. The van der Waals surface area contributed by atoms with Crippen molar-refractivity contribution in [3.63, 3.8) is 0 Å². The molecule has 0 amide bonds. The minimum Gasteiger partial charge on any atom is -0.232 e. The Hall–Kier alpha value is -1.12. The Morgan fingerprint density at radius 1 is 1.20 bits per heavy atom. The molecule has 0 radical (unpaired) electrons. The quantitative estimate of drug-likeness (QED) is 0.555. The first-order valence-corrected chi connectivity index (χ1v) is 5.38. The molecule has 0 aromatic heterocycles. The topological polar surface area (TPSA) is 18.5 Å². The van der Waals surface area contributed by atoms with Crippen LogP contribution in [0.15, 0.2) is 43.0 Å². The Morgan fingerprint density at radius 3 is 2.60 bits per heavy atom. The molecule has 0 N–H and O–H groups in total. The molecule has 0 saturated carbocycles. The summed E-state index contributed by atoms with van der Waals surface area (Å²) in [4.78, 5) is 10.7. The maximum absolute atomic E-state index is 5.38. The van der Waals surface area contributed by atoms with E-state index < -0.39 is 0 Å². The van der Waals surface area contributed by atoms with Crippen molar-refractivity contribution in [2.45, 2.75) is 31.5 Å². The minimum atomic E-state index is 0.0901. The highest BCUT2D eigenvalue weighted by molar-refractivity contribution is 5.17. The second kappa shape index (κ2) is 5.10. The van der Waals surface area contributed by atoms with E-state index in [-0.39, 0.29) is 12.2 Å². The zero-order valence-electron chi connectivity index (χ0n) is 8.76. The third-order valence-electron chi connectivity index (χ3n) is 2.66. The van der Waals surface area contributed by atoms with E-state index in [1.54, 1.807) is 0 Å². The first kappa shape index (κ1) is 10.4. The summed E-state index contributed by atoms with van der Waals surface area (Å²) in [6.07, 6.45) is 5.06. The molecule has 2 rings (SSSR count). The highest BCUT2D eigenvalue weighted by Gasteiger charge is 2.23. The van der Waals surface area contributed by atoms with Crippen LogP contribution in [0.5, 0.6) is 0 Å². The van der Waals surface area contributed by atoms with Crippen LogP contribution in [-0.2, 0) is 9.78 Å². The molecule has 1 aliphatic rings. The van der Waals surface area contributed by atoms with Crippen LogP contribution in [0.3, 0.4) is 0 Å². The lowest BCUT2D eigenvalue weighted by molar-refractivity contribution is -0.376. The fourth-order valence-electron chi connectivity index (χ4n) is 1.81. The average molecular weight is 204 g/mol. The monoisotopic (exact) mass is 204 g/mol. The van der Waals surface area contributed by atoms with E-state index in [0.717, 1.165) is 19.3 Å². The van der Waals surface area contributed by atoms with Gasteiger partial charge < -0.3 is 0 Å². The zero-order valence-corrected chi connectivity index (χ0v) is 8.76. The Kier molecular flexibility index (Phi) is 3.54. The van der Waals surface area contributed by atoms with Gasteiger partial charge in [0.05, 0.1) is 6.10 Å². The largest absolute Gasteiger partial charge is 0.232 e. The van der Waals surface area contributed by atoms with Gasteiger partial charge in [-0.25, -0.2) is 9.78 Å². The van der Waals surface area contributed by atoms with Gasteiger partial charge in [0.15, 0.2) is 0 Å². The van der Waals surface area contributed by atoms with Gasteiger partial charge in [-0.05, 0) is 24.8 Å². The van der Waals surface area contributed by atoms with Crippen LogP contribution in [0.25, 0.3) is 0 Å². The molecule has 80 valence electrons. The summed E-state index contributed by atoms with van der Waals surface area (Å²) < 4.78 is 0. The molecule has 0 bridgehead atoms. The van der Waals surface area contributed by atoms with Gasteiger partial charge in [-0.15, -0.1) is 6.58 Å². The number of hydrogen-bond acceptors (Lipinski definition) is 2. The fourth-order valence-corrected chi connectivity index (χ4v) is 1.81. The maximum Gasteiger partial charge on any atom is 0.118 e. The third kappa shape index (κ3) is 2.67. The zero-order chi connectivity index (χ0) is 10.5. The van der Waals surface area contributed by atoms with E-state index in [9.17, 15) is 0 Å². The van der Waals surface area contributed by atoms with Gasteiger partial charge in [-0.3, -0.25) is 0 Å². The maximum atomic E-state index is 5.38. The molecule has 0 aliphatic carbocycles. The standard InChI is InChI=1S/C13H16O2/c1-2-6-12-9-10-13(15-14-12)11-7-4-3-5-8-11/h2-5,7-8,12-13H,1,6,9-10H2. The summed E-state index contributed by atoms with van der Waals surface area (Å²) in [5.74, 6) is 0. The van der Waals surface area contributed by atoms with Crippen LogP contribution >= 0.6 is 0 Å². The molecule has 1 fully saturated rings. The van der Waals surface area contributed by atoms with Crippen molar-refractivity contribution in [2.75, 3.05) is 0 Å². The first-order valence-electron chi connectivity index (χ1n) is 5.38. The van der Waals surface area contributed by atoms with Gasteiger partial charge in [0.1, 0.15) is 6.10 Å². The van der Waals surface area contributed by atoms with Crippen LogP contribution in [0.2, 0.25) is 0 Å². The Morgan fingerprint density at radius 2 is 2.00 bits per heavy atom. The molecule has 0 spiro atoms. The average Bonchev–Trinajstić information content (AvgIpc) is 2.32. The molecule has 15 heavy (non-hydrogen) atoms. The normalized spacial score (nSPS) is 26.1. The third-order valence-corrected chi connectivity index (χ3v) is 2.66. The molecule has 2 unspecified atom stereocenters. The summed E-state index contributed by atoms with van der Waals surface area (Å²) in [6, 6.07) is 10.2. The Balaban J connectivity index is 1.91. The number of benzene rings is 1. The van der Waals surface area contributed by atoms with Crippen LogP contribution in [0.4, 0.5) is 0 Å². The molecule has 1 heterocycles. The summed E-state index contributed by atoms with van der Waals surface area (Å²) in [5, 5.41) is 0. The number of hydrogen-bond donors (Lipinski definition) is 0. The van der Waals surface area contributed by atoms with Gasteiger partial charge in [-0.2, -0.15) is 0 Å². The van der Waals surface area contributed by atoms with Crippen LogP contribution in [0.1, 0.15) is 30.9 Å². The second-order valence-electron chi connectivity index (χ2n) is 3.82. The van der Waals surface area contributed by atoms with Gasteiger partial charge >= 0.3 is 0 Å². The van der Waals surface area contributed by atoms with Crippen molar-refractivity contribution in [1.82, 2.24) is 0 Å². The predicted octanol–water partition coefficient (Wildman–Crippen LogP) is 3.41. The van der Waals surface area contributed by atoms with Crippen molar-refractivity contribution >= 4 is 0 Å². The molecule has 2 nitrogen and oxygen atoms in total. The van der Waals surface area contributed by atoms with E-state index >= 15 is 0 Å². The van der Waals surface area contributed by atoms with Crippen molar-refractivity contribution in [3.8, 4) is 0 Å². The van der Waals surface area contributed by atoms with E-state index in [1.165, 1.54) is 5.56 Å². The Labute approximate surface area is 90.4 Å². The molecular formula is C13H16O2. The van der Waals surface area contributed by atoms with E-state index in [2.05, 4.69) is 18.7 Å². The van der Waals surface area contributed by atoms with Gasteiger partial charge in [-0.1, -0.05) is 36.4 Å². The minimum absolute atomic E-state index is 0.0901. The Bertz CT molecular complexity index is 300.